The van der Waals surface area contributed by atoms with Crippen LogP contribution in [0.3, 0.4) is 0 Å². The van der Waals surface area contributed by atoms with Crippen molar-refractivity contribution < 1.29 is 10.2 Å². The number of rotatable bonds is 6. The largest absolute Gasteiger partial charge is 0.395 e. The fourth-order valence-electron chi connectivity index (χ4n) is 1.94. The van der Waals surface area contributed by atoms with Gasteiger partial charge < -0.3 is 20.4 Å². The van der Waals surface area contributed by atoms with E-state index in [1.54, 1.807) is 0 Å². The normalized spacial score (nSPS) is 23.6. The van der Waals surface area contributed by atoms with E-state index in [1.807, 2.05) is 0 Å². The van der Waals surface area contributed by atoms with Crippen LogP contribution in [0.1, 0.15) is 12.8 Å². The van der Waals surface area contributed by atoms with Gasteiger partial charge >= 0.3 is 0 Å². The van der Waals surface area contributed by atoms with Crippen LogP contribution < -0.4 is 5.32 Å². The fourth-order valence-corrected chi connectivity index (χ4v) is 1.94. The monoisotopic (exact) mass is 202 g/mol. The van der Waals surface area contributed by atoms with Gasteiger partial charge in [-0.3, -0.25) is 0 Å². The summed E-state index contributed by atoms with van der Waals surface area (Å²) in [5, 5.41) is 20.8. The van der Waals surface area contributed by atoms with E-state index < -0.39 is 0 Å². The van der Waals surface area contributed by atoms with Gasteiger partial charge in [0, 0.05) is 6.54 Å². The van der Waals surface area contributed by atoms with Crippen LogP contribution in [0, 0.1) is 5.92 Å². The molecule has 1 unspecified atom stereocenters. The molecule has 1 aliphatic rings. The Bertz CT molecular complexity index is 151. The van der Waals surface area contributed by atoms with Gasteiger partial charge in [0.25, 0.3) is 0 Å². The second-order valence-electron chi connectivity index (χ2n) is 4.22. The van der Waals surface area contributed by atoms with Gasteiger partial charge in [-0.15, -0.1) is 0 Å². The van der Waals surface area contributed by atoms with Crippen LogP contribution in [0.2, 0.25) is 0 Å². The summed E-state index contributed by atoms with van der Waals surface area (Å²) >= 11 is 0. The molecule has 4 nitrogen and oxygen atoms in total. The Morgan fingerprint density at radius 1 is 1.43 bits per heavy atom. The van der Waals surface area contributed by atoms with Crippen LogP contribution in [0.4, 0.5) is 0 Å². The third kappa shape index (κ3) is 3.92. The first-order valence-electron chi connectivity index (χ1n) is 5.40. The topological polar surface area (TPSA) is 55.7 Å². The minimum Gasteiger partial charge on any atom is -0.395 e. The third-order valence-corrected chi connectivity index (χ3v) is 2.92. The Balaban J connectivity index is 2.03. The average Bonchev–Trinajstić information content (AvgIpc) is 2.59. The maximum Gasteiger partial charge on any atom is 0.0607 e. The van der Waals surface area contributed by atoms with E-state index in [0.29, 0.717) is 0 Å². The summed E-state index contributed by atoms with van der Waals surface area (Å²) in [6.07, 6.45) is 2.42. The Kier molecular flexibility index (Phi) is 5.40. The third-order valence-electron chi connectivity index (χ3n) is 2.92. The number of likely N-dealkylation sites (tertiary alicyclic amines) is 1. The lowest BCUT2D eigenvalue weighted by atomic mass is 10.1. The minimum absolute atomic E-state index is 0.0149. The van der Waals surface area contributed by atoms with Crippen LogP contribution in [-0.2, 0) is 0 Å². The lowest BCUT2D eigenvalue weighted by molar-refractivity contribution is 0.169. The minimum atomic E-state index is -0.144. The Labute approximate surface area is 85.9 Å². The van der Waals surface area contributed by atoms with Crippen molar-refractivity contribution in [2.45, 2.75) is 18.9 Å². The van der Waals surface area contributed by atoms with Crippen molar-refractivity contribution in [2.24, 2.45) is 5.92 Å². The molecule has 84 valence electrons. The van der Waals surface area contributed by atoms with Crippen molar-refractivity contribution >= 4 is 0 Å². The van der Waals surface area contributed by atoms with Crippen molar-refractivity contribution in [1.29, 1.82) is 0 Å². The van der Waals surface area contributed by atoms with E-state index in [4.69, 9.17) is 10.2 Å². The zero-order chi connectivity index (χ0) is 10.4. The van der Waals surface area contributed by atoms with Crippen LogP contribution >= 0.6 is 0 Å². The average molecular weight is 202 g/mol. The standard InChI is InChI=1S/C10H22N2O2/c1-12-5-3-9(6-12)2-4-11-10(7-13)8-14/h9-11,13-14H,2-8H2,1H3. The molecule has 14 heavy (non-hydrogen) atoms. The maximum absolute atomic E-state index is 8.83. The van der Waals surface area contributed by atoms with Gasteiger partial charge in [0.05, 0.1) is 19.3 Å². The van der Waals surface area contributed by atoms with E-state index in [9.17, 15) is 0 Å². The quantitative estimate of drug-likeness (QED) is 0.531. The zero-order valence-corrected chi connectivity index (χ0v) is 8.95. The molecule has 0 spiro atoms. The lowest BCUT2D eigenvalue weighted by Crippen LogP contribution is -2.37. The molecule has 0 aromatic heterocycles. The molecule has 0 radical (unpaired) electrons. The van der Waals surface area contributed by atoms with Gasteiger partial charge in [-0.2, -0.15) is 0 Å². The number of hydrogen-bond donors (Lipinski definition) is 3. The van der Waals surface area contributed by atoms with Gasteiger partial charge in [-0.25, -0.2) is 0 Å². The molecule has 0 aromatic rings. The highest BCUT2D eigenvalue weighted by molar-refractivity contribution is 4.74. The van der Waals surface area contributed by atoms with Crippen LogP contribution in [0.15, 0.2) is 0 Å². The van der Waals surface area contributed by atoms with E-state index in [1.165, 1.54) is 19.5 Å². The Hall–Kier alpha value is -0.160. The molecule has 3 N–H and O–H groups in total. The zero-order valence-electron chi connectivity index (χ0n) is 8.95. The first kappa shape index (κ1) is 11.9. The molecular formula is C10H22N2O2. The second kappa shape index (κ2) is 6.35. The molecule has 1 heterocycles. The molecule has 4 heteroatoms. The van der Waals surface area contributed by atoms with Gasteiger partial charge in [0.1, 0.15) is 0 Å². The number of aliphatic hydroxyl groups excluding tert-OH is 2. The highest BCUT2D eigenvalue weighted by atomic mass is 16.3. The number of nitrogens with one attached hydrogen (secondary N) is 1. The highest BCUT2D eigenvalue weighted by Gasteiger charge is 2.18. The maximum atomic E-state index is 8.83. The van der Waals surface area contributed by atoms with E-state index in [2.05, 4.69) is 17.3 Å². The number of nitrogens with zero attached hydrogens (tertiary/aromatic N) is 1. The highest BCUT2D eigenvalue weighted by Crippen LogP contribution is 2.16. The number of hydrogen-bond acceptors (Lipinski definition) is 4. The van der Waals surface area contributed by atoms with E-state index in [0.717, 1.165) is 18.9 Å². The van der Waals surface area contributed by atoms with Crippen LogP contribution in [-0.4, -0.2) is 61.1 Å². The predicted octanol–water partition coefficient (Wildman–Crippen LogP) is -0.729. The van der Waals surface area contributed by atoms with E-state index >= 15 is 0 Å². The molecule has 0 saturated carbocycles. The Morgan fingerprint density at radius 2 is 2.14 bits per heavy atom. The summed E-state index contributed by atoms with van der Waals surface area (Å²) < 4.78 is 0. The summed E-state index contributed by atoms with van der Waals surface area (Å²) in [4.78, 5) is 2.35. The van der Waals surface area contributed by atoms with Gasteiger partial charge in [-0.05, 0) is 38.9 Å². The molecule has 0 aliphatic carbocycles. The summed E-state index contributed by atoms with van der Waals surface area (Å²) in [5.74, 6) is 0.783. The van der Waals surface area contributed by atoms with Gasteiger partial charge in [-0.1, -0.05) is 0 Å². The lowest BCUT2D eigenvalue weighted by Gasteiger charge is -2.15. The smallest absolute Gasteiger partial charge is 0.0607 e. The molecule has 0 bridgehead atoms. The molecule has 1 saturated heterocycles. The molecule has 1 atom stereocenters. The summed E-state index contributed by atoms with van der Waals surface area (Å²) in [7, 11) is 2.15. The molecule has 1 fully saturated rings. The first-order chi connectivity index (χ1) is 6.76. The first-order valence-corrected chi connectivity index (χ1v) is 5.40. The van der Waals surface area contributed by atoms with Gasteiger partial charge in [0.15, 0.2) is 0 Å². The molecular weight excluding hydrogens is 180 g/mol. The van der Waals surface area contributed by atoms with E-state index in [-0.39, 0.29) is 19.3 Å². The summed E-state index contributed by atoms with van der Waals surface area (Å²) in [5.41, 5.74) is 0. The van der Waals surface area contributed by atoms with Crippen LogP contribution in [0.25, 0.3) is 0 Å². The molecule has 1 rings (SSSR count). The predicted molar refractivity (Wildman–Crippen MR) is 56.2 cm³/mol. The van der Waals surface area contributed by atoms with Crippen molar-refractivity contribution in [2.75, 3.05) is 39.9 Å². The number of aliphatic hydroxyl groups is 2. The SMILES string of the molecule is CN1CCC(CCNC(CO)CO)C1. The summed E-state index contributed by atoms with van der Waals surface area (Å²) in [6.45, 7) is 3.31. The van der Waals surface area contributed by atoms with Crippen molar-refractivity contribution in [3.63, 3.8) is 0 Å². The van der Waals surface area contributed by atoms with Crippen molar-refractivity contribution in [1.82, 2.24) is 10.2 Å². The molecule has 0 aromatic carbocycles. The van der Waals surface area contributed by atoms with Crippen LogP contribution in [0.5, 0.6) is 0 Å². The van der Waals surface area contributed by atoms with Crippen molar-refractivity contribution in [3.8, 4) is 0 Å². The molecule has 0 amide bonds. The second-order valence-corrected chi connectivity index (χ2v) is 4.22. The van der Waals surface area contributed by atoms with Gasteiger partial charge in [0.2, 0.25) is 0 Å². The summed E-state index contributed by atoms with van der Waals surface area (Å²) in [6, 6.07) is -0.144. The van der Waals surface area contributed by atoms with Crippen molar-refractivity contribution in [3.05, 3.63) is 0 Å². The Morgan fingerprint density at radius 3 is 2.64 bits per heavy atom. The fraction of sp³-hybridized carbons (Fsp3) is 1.00. The molecule has 1 aliphatic heterocycles.